The molecule has 2 N–H and O–H groups in total. The molecule has 2 atom stereocenters. The third kappa shape index (κ3) is 4.11. The fourth-order valence-corrected chi connectivity index (χ4v) is 2.23. The van der Waals surface area contributed by atoms with Crippen LogP contribution < -0.4 is 5.73 Å². The summed E-state index contributed by atoms with van der Waals surface area (Å²) in [6.07, 6.45) is 1.66. The predicted octanol–water partition coefficient (Wildman–Crippen LogP) is 2.56. The molecule has 0 aromatic heterocycles. The highest BCUT2D eigenvalue weighted by atomic mass is 35.5. The molecule has 0 aliphatic carbocycles. The summed E-state index contributed by atoms with van der Waals surface area (Å²) in [4.78, 5) is 13.7. The molecule has 1 aromatic rings. The van der Waals surface area contributed by atoms with Gasteiger partial charge in [0.05, 0.1) is 0 Å². The topological polar surface area (TPSA) is 55.6 Å². The van der Waals surface area contributed by atoms with E-state index in [0.29, 0.717) is 6.61 Å². The Kier molecular flexibility index (Phi) is 6.12. The molecule has 0 bridgehead atoms. The monoisotopic (exact) mass is 284 g/mol. The first-order valence-electron chi connectivity index (χ1n) is 6.41. The van der Waals surface area contributed by atoms with Crippen LogP contribution in [0.25, 0.3) is 0 Å². The zero-order chi connectivity index (χ0) is 13.0. The maximum Gasteiger partial charge on any atom is 0.410 e. The number of nitrogens with two attached hydrogens (primary N) is 1. The van der Waals surface area contributed by atoms with Gasteiger partial charge in [-0.05, 0) is 25.3 Å². The summed E-state index contributed by atoms with van der Waals surface area (Å²) in [5.41, 5.74) is 6.96. The molecule has 0 unspecified atom stereocenters. The largest absolute Gasteiger partial charge is 0.445 e. The summed E-state index contributed by atoms with van der Waals surface area (Å²) in [7, 11) is 0. The number of carbonyl (C=O) groups is 1. The fraction of sp³-hybridized carbons (Fsp3) is 0.500. The second-order valence-corrected chi connectivity index (χ2v) is 4.78. The van der Waals surface area contributed by atoms with Crippen LogP contribution in [0, 0.1) is 0 Å². The van der Waals surface area contributed by atoms with Crippen molar-refractivity contribution >= 4 is 18.5 Å². The van der Waals surface area contributed by atoms with Gasteiger partial charge in [0.25, 0.3) is 0 Å². The number of benzene rings is 1. The van der Waals surface area contributed by atoms with Gasteiger partial charge < -0.3 is 15.4 Å². The minimum absolute atomic E-state index is 0. The van der Waals surface area contributed by atoms with E-state index >= 15 is 0 Å². The molecule has 1 aliphatic rings. The molecule has 1 aromatic carbocycles. The third-order valence-electron chi connectivity index (χ3n) is 3.49. The van der Waals surface area contributed by atoms with Gasteiger partial charge in [0, 0.05) is 18.6 Å². The minimum atomic E-state index is -0.262. The summed E-state index contributed by atoms with van der Waals surface area (Å²) in [6.45, 7) is 3.04. The van der Waals surface area contributed by atoms with Crippen molar-refractivity contribution < 1.29 is 9.53 Å². The second-order valence-electron chi connectivity index (χ2n) is 4.78. The molecular formula is C14H21ClN2O2. The van der Waals surface area contributed by atoms with Gasteiger partial charge in [-0.25, -0.2) is 4.79 Å². The Morgan fingerprint density at radius 3 is 2.79 bits per heavy atom. The number of hydrogen-bond acceptors (Lipinski definition) is 3. The molecule has 4 nitrogen and oxygen atoms in total. The highest BCUT2D eigenvalue weighted by Gasteiger charge is 2.29. The van der Waals surface area contributed by atoms with E-state index in [0.717, 1.165) is 24.9 Å². The fourth-order valence-electron chi connectivity index (χ4n) is 2.23. The highest BCUT2D eigenvalue weighted by molar-refractivity contribution is 5.85. The Hall–Kier alpha value is -1.26. The number of nitrogens with zero attached hydrogens (tertiary/aromatic N) is 1. The first-order chi connectivity index (χ1) is 8.68. The van der Waals surface area contributed by atoms with Gasteiger partial charge >= 0.3 is 6.09 Å². The van der Waals surface area contributed by atoms with E-state index in [9.17, 15) is 4.79 Å². The van der Waals surface area contributed by atoms with E-state index in [2.05, 4.69) is 0 Å². The van der Waals surface area contributed by atoms with Gasteiger partial charge in [0.1, 0.15) is 6.61 Å². The Morgan fingerprint density at radius 2 is 2.11 bits per heavy atom. The number of halogens is 1. The number of carbonyl (C=O) groups excluding carboxylic acids is 1. The lowest BCUT2D eigenvalue weighted by atomic mass is 9.99. The Bertz CT molecular complexity index is 400. The summed E-state index contributed by atoms with van der Waals surface area (Å²) < 4.78 is 5.32. The highest BCUT2D eigenvalue weighted by Crippen LogP contribution is 2.17. The van der Waals surface area contributed by atoms with Crippen molar-refractivity contribution in [2.45, 2.75) is 38.5 Å². The van der Waals surface area contributed by atoms with Crippen LogP contribution in [0.15, 0.2) is 30.3 Å². The zero-order valence-corrected chi connectivity index (χ0v) is 11.9. The Labute approximate surface area is 120 Å². The number of amides is 1. The zero-order valence-electron chi connectivity index (χ0n) is 11.1. The normalized spacial score (nSPS) is 22.5. The number of likely N-dealkylation sites (tertiary alicyclic amines) is 1. The first kappa shape index (κ1) is 15.8. The molecule has 1 saturated heterocycles. The number of ether oxygens (including phenoxy) is 1. The van der Waals surface area contributed by atoms with Crippen molar-refractivity contribution in [3.8, 4) is 0 Å². The Morgan fingerprint density at radius 1 is 1.42 bits per heavy atom. The molecule has 1 aliphatic heterocycles. The lowest BCUT2D eigenvalue weighted by Crippen LogP contribution is -2.52. The van der Waals surface area contributed by atoms with E-state index in [-0.39, 0.29) is 30.6 Å². The third-order valence-corrected chi connectivity index (χ3v) is 3.49. The van der Waals surface area contributed by atoms with E-state index in [1.54, 1.807) is 4.90 Å². The van der Waals surface area contributed by atoms with Crippen molar-refractivity contribution in [3.63, 3.8) is 0 Å². The summed E-state index contributed by atoms with van der Waals surface area (Å²) in [6, 6.07) is 9.81. The summed E-state index contributed by atoms with van der Waals surface area (Å²) in [5.74, 6) is 0. The molecule has 0 spiro atoms. The van der Waals surface area contributed by atoms with Crippen molar-refractivity contribution in [3.05, 3.63) is 35.9 Å². The average Bonchev–Trinajstić information content (AvgIpc) is 2.40. The molecule has 106 valence electrons. The first-order valence-corrected chi connectivity index (χ1v) is 6.41. The maximum atomic E-state index is 12.0. The van der Waals surface area contributed by atoms with Gasteiger partial charge in [-0.3, -0.25) is 0 Å². The quantitative estimate of drug-likeness (QED) is 0.908. The van der Waals surface area contributed by atoms with Gasteiger partial charge in [0.2, 0.25) is 0 Å². The summed E-state index contributed by atoms with van der Waals surface area (Å²) >= 11 is 0. The van der Waals surface area contributed by atoms with Crippen LogP contribution in [0.1, 0.15) is 25.3 Å². The maximum absolute atomic E-state index is 12.0. The van der Waals surface area contributed by atoms with Gasteiger partial charge in [-0.2, -0.15) is 0 Å². The predicted molar refractivity (Wildman–Crippen MR) is 77.3 cm³/mol. The van der Waals surface area contributed by atoms with Crippen molar-refractivity contribution in [1.29, 1.82) is 0 Å². The Balaban J connectivity index is 0.00000180. The van der Waals surface area contributed by atoms with Crippen LogP contribution in [0.5, 0.6) is 0 Å². The van der Waals surface area contributed by atoms with Crippen LogP contribution in [-0.4, -0.2) is 29.6 Å². The average molecular weight is 285 g/mol. The smallest absolute Gasteiger partial charge is 0.410 e. The van der Waals surface area contributed by atoms with E-state index in [1.165, 1.54) is 0 Å². The van der Waals surface area contributed by atoms with E-state index in [4.69, 9.17) is 10.5 Å². The van der Waals surface area contributed by atoms with Crippen LogP contribution in [0.3, 0.4) is 0 Å². The number of rotatable bonds is 2. The van der Waals surface area contributed by atoms with Crippen molar-refractivity contribution in [2.24, 2.45) is 5.73 Å². The van der Waals surface area contributed by atoms with E-state index < -0.39 is 0 Å². The van der Waals surface area contributed by atoms with Gasteiger partial charge in [0.15, 0.2) is 0 Å². The van der Waals surface area contributed by atoms with Crippen LogP contribution in [0.2, 0.25) is 0 Å². The van der Waals surface area contributed by atoms with Crippen molar-refractivity contribution in [1.82, 2.24) is 4.90 Å². The molecule has 2 rings (SSSR count). The minimum Gasteiger partial charge on any atom is -0.445 e. The number of hydrogen-bond donors (Lipinski definition) is 1. The number of piperidine rings is 1. The molecule has 0 radical (unpaired) electrons. The lowest BCUT2D eigenvalue weighted by molar-refractivity contribution is 0.0666. The molecule has 1 amide bonds. The van der Waals surface area contributed by atoms with Gasteiger partial charge in [-0.1, -0.05) is 30.3 Å². The molecule has 0 saturated carbocycles. The van der Waals surface area contributed by atoms with Gasteiger partial charge in [-0.15, -0.1) is 12.4 Å². The van der Waals surface area contributed by atoms with Crippen LogP contribution in [0.4, 0.5) is 4.79 Å². The molecule has 19 heavy (non-hydrogen) atoms. The second kappa shape index (κ2) is 7.36. The van der Waals surface area contributed by atoms with Crippen LogP contribution in [-0.2, 0) is 11.3 Å². The SMILES string of the molecule is C[C@@H]1[C@H](N)CCCN1C(=O)OCc1ccccc1.Cl. The standard InChI is InChI=1S/C14H20N2O2.ClH/c1-11-13(15)8-5-9-16(11)14(17)18-10-12-6-3-2-4-7-12;/h2-4,6-7,11,13H,5,8-10,15H2,1H3;1H/t11-,13-;/m1./s1. The molecule has 1 heterocycles. The molecule has 5 heteroatoms. The summed E-state index contributed by atoms with van der Waals surface area (Å²) in [5, 5.41) is 0. The molecular weight excluding hydrogens is 264 g/mol. The molecule has 1 fully saturated rings. The lowest BCUT2D eigenvalue weighted by Gasteiger charge is -2.36. The van der Waals surface area contributed by atoms with Crippen LogP contribution >= 0.6 is 12.4 Å². The van der Waals surface area contributed by atoms with E-state index in [1.807, 2.05) is 37.3 Å². The van der Waals surface area contributed by atoms with Crippen molar-refractivity contribution in [2.75, 3.05) is 6.54 Å².